The average Bonchev–Trinajstić information content (AvgIpc) is 2.84. The molecule has 0 aliphatic heterocycles. The van der Waals surface area contributed by atoms with Gasteiger partial charge in [-0.3, -0.25) is 9.59 Å². The van der Waals surface area contributed by atoms with E-state index in [1.165, 1.54) is 6.39 Å². The number of carboxylic acids is 1. The van der Waals surface area contributed by atoms with Crippen LogP contribution >= 0.6 is 0 Å². The lowest BCUT2D eigenvalue weighted by Crippen LogP contribution is -2.16. The van der Waals surface area contributed by atoms with Crippen LogP contribution < -0.4 is 5.32 Å². The zero-order valence-electron chi connectivity index (χ0n) is 10.1. The summed E-state index contributed by atoms with van der Waals surface area (Å²) >= 11 is 0. The Morgan fingerprint density at radius 1 is 1.42 bits per heavy atom. The van der Waals surface area contributed by atoms with E-state index in [0.29, 0.717) is 11.6 Å². The molecule has 0 unspecified atom stereocenters. The van der Waals surface area contributed by atoms with Gasteiger partial charge in [-0.1, -0.05) is 0 Å². The molecule has 7 heteroatoms. The molecule has 0 spiro atoms. The Labute approximate surface area is 108 Å². The summed E-state index contributed by atoms with van der Waals surface area (Å²) < 4.78 is 5.06. The summed E-state index contributed by atoms with van der Waals surface area (Å²) in [5.41, 5.74) is 2.05. The highest BCUT2D eigenvalue weighted by atomic mass is 16.4. The van der Waals surface area contributed by atoms with E-state index in [4.69, 9.17) is 9.52 Å². The Kier molecular flexibility index (Phi) is 3.56. The second-order valence-corrected chi connectivity index (χ2v) is 3.89. The van der Waals surface area contributed by atoms with Crippen molar-refractivity contribution in [2.45, 2.75) is 13.3 Å². The van der Waals surface area contributed by atoms with Crippen LogP contribution in [0, 0.1) is 6.92 Å². The van der Waals surface area contributed by atoms with E-state index in [1.807, 2.05) is 0 Å². The minimum Gasteiger partial charge on any atom is -0.481 e. The number of carbonyl (C=O) groups excluding carboxylic acids is 1. The van der Waals surface area contributed by atoms with Crippen LogP contribution in [-0.4, -0.2) is 27.2 Å². The monoisotopic (exact) mass is 261 g/mol. The number of nitrogens with zero attached hydrogens (tertiary/aromatic N) is 2. The predicted octanol–water partition coefficient (Wildman–Crippen LogP) is 1.46. The Morgan fingerprint density at radius 2 is 2.21 bits per heavy atom. The molecule has 0 bridgehead atoms. The quantitative estimate of drug-likeness (QED) is 0.807. The number of carboxylic acid groups (broad SMARTS) is 1. The molecule has 2 rings (SSSR count). The van der Waals surface area contributed by atoms with E-state index in [1.54, 1.807) is 25.1 Å². The third kappa shape index (κ3) is 3.15. The molecule has 0 radical (unpaired) electrons. The maximum atomic E-state index is 11.4. The first kappa shape index (κ1) is 12.7. The van der Waals surface area contributed by atoms with E-state index in [2.05, 4.69) is 15.5 Å². The molecule has 0 aliphatic rings. The summed E-state index contributed by atoms with van der Waals surface area (Å²) in [6.07, 6.45) is 0.665. The van der Waals surface area contributed by atoms with Gasteiger partial charge in [0.05, 0.1) is 0 Å². The number of hydrogen-bond acceptors (Lipinski definition) is 5. The summed E-state index contributed by atoms with van der Waals surface area (Å²) in [6.45, 7) is 1.79. The van der Waals surface area contributed by atoms with Crippen LogP contribution in [0.2, 0.25) is 0 Å². The molecule has 0 atom stereocenters. The molecule has 7 nitrogen and oxygen atoms in total. The molecule has 2 aromatic rings. The average molecular weight is 261 g/mol. The highest BCUT2D eigenvalue weighted by Crippen LogP contribution is 2.23. The van der Waals surface area contributed by atoms with Gasteiger partial charge in [-0.15, -0.1) is 10.2 Å². The van der Waals surface area contributed by atoms with Crippen LogP contribution in [0.3, 0.4) is 0 Å². The lowest BCUT2D eigenvalue weighted by Gasteiger charge is -2.08. The number of aromatic nitrogens is 2. The number of carbonyl (C=O) groups is 2. The standard InChI is InChI=1S/C12H11N3O4/c1-7-4-8(12-15-13-6-19-12)2-3-9(7)14-10(16)5-11(17)18/h2-4,6H,5H2,1H3,(H,14,16)(H,17,18). The number of nitrogens with one attached hydrogen (secondary N) is 1. The van der Waals surface area contributed by atoms with Crippen molar-refractivity contribution in [3.8, 4) is 11.5 Å². The molecule has 2 N–H and O–H groups in total. The van der Waals surface area contributed by atoms with Gasteiger partial charge in [0.2, 0.25) is 18.2 Å². The van der Waals surface area contributed by atoms with Crippen molar-refractivity contribution in [2.24, 2.45) is 0 Å². The Bertz CT molecular complexity index is 607. The molecule has 98 valence electrons. The Morgan fingerprint density at radius 3 is 2.79 bits per heavy atom. The highest BCUT2D eigenvalue weighted by Gasteiger charge is 2.11. The number of benzene rings is 1. The predicted molar refractivity (Wildman–Crippen MR) is 65.4 cm³/mol. The molecule has 19 heavy (non-hydrogen) atoms. The van der Waals surface area contributed by atoms with Gasteiger partial charge in [-0.05, 0) is 30.7 Å². The fourth-order valence-corrected chi connectivity index (χ4v) is 1.57. The molecule has 0 fully saturated rings. The molecule has 1 amide bonds. The topological polar surface area (TPSA) is 105 Å². The summed E-state index contributed by atoms with van der Waals surface area (Å²) in [7, 11) is 0. The lowest BCUT2D eigenvalue weighted by atomic mass is 10.1. The molecule has 0 saturated carbocycles. The van der Waals surface area contributed by atoms with Crippen molar-refractivity contribution < 1.29 is 19.1 Å². The van der Waals surface area contributed by atoms with Crippen molar-refractivity contribution in [2.75, 3.05) is 5.32 Å². The molecule has 0 aliphatic carbocycles. The fraction of sp³-hybridized carbons (Fsp3) is 0.167. The van der Waals surface area contributed by atoms with Gasteiger partial charge >= 0.3 is 5.97 Å². The molecule has 1 aromatic carbocycles. The summed E-state index contributed by atoms with van der Waals surface area (Å²) in [5, 5.41) is 18.4. The van der Waals surface area contributed by atoms with Gasteiger partial charge < -0.3 is 14.8 Å². The maximum absolute atomic E-state index is 11.4. The minimum atomic E-state index is -1.17. The Hall–Kier alpha value is -2.70. The van der Waals surface area contributed by atoms with Crippen LogP contribution in [0.5, 0.6) is 0 Å². The van der Waals surface area contributed by atoms with E-state index < -0.39 is 18.3 Å². The normalized spacial score (nSPS) is 10.2. The van der Waals surface area contributed by atoms with Gasteiger partial charge in [0.1, 0.15) is 6.42 Å². The van der Waals surface area contributed by atoms with Crippen molar-refractivity contribution in [1.29, 1.82) is 0 Å². The van der Waals surface area contributed by atoms with Gasteiger partial charge in [-0.25, -0.2) is 0 Å². The second kappa shape index (κ2) is 5.30. The van der Waals surface area contributed by atoms with Gasteiger partial charge in [0.25, 0.3) is 0 Å². The highest BCUT2D eigenvalue weighted by molar-refractivity contribution is 6.01. The van der Waals surface area contributed by atoms with E-state index in [-0.39, 0.29) is 0 Å². The number of aryl methyl sites for hydroxylation is 1. The minimum absolute atomic E-state index is 0.381. The van der Waals surface area contributed by atoms with Crippen LogP contribution in [0.25, 0.3) is 11.5 Å². The second-order valence-electron chi connectivity index (χ2n) is 3.89. The number of anilines is 1. The molecular formula is C12H11N3O4. The molecule has 0 saturated heterocycles. The van der Waals surface area contributed by atoms with Crippen molar-refractivity contribution in [3.63, 3.8) is 0 Å². The lowest BCUT2D eigenvalue weighted by molar-refractivity contribution is -0.139. The number of hydrogen-bond donors (Lipinski definition) is 2. The Balaban J connectivity index is 2.16. The number of rotatable bonds is 4. The van der Waals surface area contributed by atoms with Crippen LogP contribution in [0.4, 0.5) is 5.69 Å². The van der Waals surface area contributed by atoms with E-state index >= 15 is 0 Å². The summed E-state index contributed by atoms with van der Waals surface area (Å²) in [5.74, 6) is -1.36. The van der Waals surface area contributed by atoms with E-state index in [0.717, 1.165) is 11.1 Å². The van der Waals surface area contributed by atoms with Crippen molar-refractivity contribution >= 4 is 17.6 Å². The maximum Gasteiger partial charge on any atom is 0.312 e. The van der Waals surface area contributed by atoms with Gasteiger partial charge in [0.15, 0.2) is 0 Å². The summed E-state index contributed by atoms with van der Waals surface area (Å²) in [4.78, 5) is 21.8. The van der Waals surface area contributed by atoms with Gasteiger partial charge in [0, 0.05) is 11.3 Å². The number of aliphatic carboxylic acids is 1. The molecule has 1 aromatic heterocycles. The van der Waals surface area contributed by atoms with Crippen LogP contribution in [-0.2, 0) is 9.59 Å². The largest absolute Gasteiger partial charge is 0.481 e. The SMILES string of the molecule is Cc1cc(-c2nnco2)ccc1NC(=O)CC(=O)O. The first-order valence-electron chi connectivity index (χ1n) is 5.45. The number of amides is 1. The van der Waals surface area contributed by atoms with E-state index in [9.17, 15) is 9.59 Å². The smallest absolute Gasteiger partial charge is 0.312 e. The van der Waals surface area contributed by atoms with Gasteiger partial charge in [-0.2, -0.15) is 0 Å². The van der Waals surface area contributed by atoms with Crippen molar-refractivity contribution in [1.82, 2.24) is 10.2 Å². The van der Waals surface area contributed by atoms with Crippen molar-refractivity contribution in [3.05, 3.63) is 30.2 Å². The summed E-state index contributed by atoms with van der Waals surface area (Å²) in [6, 6.07) is 5.13. The third-order valence-electron chi connectivity index (χ3n) is 2.42. The zero-order valence-corrected chi connectivity index (χ0v) is 10.1. The van der Waals surface area contributed by atoms with Crippen LogP contribution in [0.15, 0.2) is 29.0 Å². The molecular weight excluding hydrogens is 250 g/mol. The first-order chi connectivity index (χ1) is 9.06. The van der Waals surface area contributed by atoms with Crippen LogP contribution in [0.1, 0.15) is 12.0 Å². The zero-order chi connectivity index (χ0) is 13.8. The third-order valence-corrected chi connectivity index (χ3v) is 2.42. The fourth-order valence-electron chi connectivity index (χ4n) is 1.57. The molecule has 1 heterocycles. The first-order valence-corrected chi connectivity index (χ1v) is 5.45.